The Morgan fingerprint density at radius 1 is 1.41 bits per heavy atom. The number of hydrogen-bond donors (Lipinski definition) is 2. The Labute approximate surface area is 102 Å². The fourth-order valence-electron chi connectivity index (χ4n) is 1.56. The van der Waals surface area contributed by atoms with Crippen LogP contribution in [0.3, 0.4) is 0 Å². The number of aromatic amines is 1. The van der Waals surface area contributed by atoms with Crippen LogP contribution in [0.4, 0.5) is 5.82 Å². The highest BCUT2D eigenvalue weighted by molar-refractivity contribution is 7.89. The molecule has 0 saturated carbocycles. The van der Waals surface area contributed by atoms with Crippen molar-refractivity contribution in [1.29, 1.82) is 0 Å². The Kier molecular flexibility index (Phi) is 4.16. The normalized spacial score (nSPS) is 12.9. The number of aromatic nitrogens is 2. The lowest BCUT2D eigenvalue weighted by molar-refractivity contribution is 0.319. The van der Waals surface area contributed by atoms with Gasteiger partial charge in [0.05, 0.1) is 6.20 Å². The second-order valence-corrected chi connectivity index (χ2v) is 6.57. The number of anilines is 1. The Balaban J connectivity index is 3.14. The predicted molar refractivity (Wildman–Crippen MR) is 66.9 cm³/mol. The van der Waals surface area contributed by atoms with Crippen LogP contribution in [0.2, 0.25) is 0 Å². The summed E-state index contributed by atoms with van der Waals surface area (Å²) in [5.41, 5.74) is 5.57. The lowest BCUT2D eigenvalue weighted by Gasteiger charge is -2.27. The standard InChI is InChI=1S/C10H20N4O2S/c1-7(2)6-14(8(3)4)17(15,16)9-5-12-13-10(9)11/h5,7-8H,6H2,1-4H3,(H3,11,12,13). The molecule has 1 rings (SSSR count). The second kappa shape index (κ2) is 5.05. The van der Waals surface area contributed by atoms with Crippen molar-refractivity contribution in [3.05, 3.63) is 6.20 Å². The van der Waals surface area contributed by atoms with Crippen molar-refractivity contribution in [2.45, 2.75) is 38.6 Å². The van der Waals surface area contributed by atoms with Gasteiger partial charge < -0.3 is 5.73 Å². The van der Waals surface area contributed by atoms with Crippen LogP contribution in [-0.2, 0) is 10.0 Å². The van der Waals surface area contributed by atoms with Gasteiger partial charge in [-0.25, -0.2) is 8.42 Å². The van der Waals surface area contributed by atoms with Gasteiger partial charge in [0, 0.05) is 12.6 Å². The van der Waals surface area contributed by atoms with E-state index in [1.54, 1.807) is 0 Å². The highest BCUT2D eigenvalue weighted by atomic mass is 32.2. The Hall–Kier alpha value is -1.08. The first-order valence-corrected chi connectivity index (χ1v) is 7.01. The maximum atomic E-state index is 12.4. The number of nitrogens with zero attached hydrogens (tertiary/aromatic N) is 2. The SMILES string of the molecule is CC(C)CN(C(C)C)S(=O)(=O)c1cn[nH]c1N. The summed E-state index contributed by atoms with van der Waals surface area (Å²) in [6.07, 6.45) is 1.25. The van der Waals surface area contributed by atoms with Crippen LogP contribution in [0, 0.1) is 5.92 Å². The quantitative estimate of drug-likeness (QED) is 0.827. The van der Waals surface area contributed by atoms with E-state index in [0.717, 1.165) is 0 Å². The van der Waals surface area contributed by atoms with Crippen molar-refractivity contribution < 1.29 is 8.42 Å². The van der Waals surface area contributed by atoms with E-state index in [1.165, 1.54) is 10.5 Å². The van der Waals surface area contributed by atoms with Gasteiger partial charge in [0.25, 0.3) is 0 Å². The van der Waals surface area contributed by atoms with Gasteiger partial charge in [0.15, 0.2) is 0 Å². The summed E-state index contributed by atoms with van der Waals surface area (Å²) in [4.78, 5) is 0.0480. The molecule has 0 spiro atoms. The zero-order chi connectivity index (χ0) is 13.2. The molecule has 1 aromatic rings. The molecular weight excluding hydrogens is 240 g/mol. The van der Waals surface area contributed by atoms with E-state index in [4.69, 9.17) is 5.73 Å². The fourth-order valence-corrected chi connectivity index (χ4v) is 3.37. The first-order valence-electron chi connectivity index (χ1n) is 5.57. The third kappa shape index (κ3) is 2.98. The van der Waals surface area contributed by atoms with Crippen LogP contribution < -0.4 is 5.73 Å². The number of hydrogen-bond acceptors (Lipinski definition) is 4. The molecule has 0 atom stereocenters. The monoisotopic (exact) mass is 260 g/mol. The Morgan fingerprint density at radius 2 is 2.00 bits per heavy atom. The molecule has 0 aliphatic carbocycles. The minimum absolute atomic E-state index is 0.0480. The molecule has 1 aromatic heterocycles. The van der Waals surface area contributed by atoms with Crippen LogP contribution in [0.1, 0.15) is 27.7 Å². The van der Waals surface area contributed by atoms with Crippen molar-refractivity contribution in [2.24, 2.45) is 5.92 Å². The maximum Gasteiger partial charge on any atom is 0.248 e. The molecule has 7 heteroatoms. The summed E-state index contributed by atoms with van der Waals surface area (Å²) >= 11 is 0. The molecular formula is C10H20N4O2S. The van der Waals surface area contributed by atoms with Gasteiger partial charge in [-0.15, -0.1) is 0 Å². The van der Waals surface area contributed by atoms with E-state index in [9.17, 15) is 8.42 Å². The molecule has 0 saturated heterocycles. The van der Waals surface area contributed by atoms with Crippen LogP contribution in [-0.4, -0.2) is 35.5 Å². The van der Waals surface area contributed by atoms with Crippen LogP contribution in [0.15, 0.2) is 11.1 Å². The fraction of sp³-hybridized carbons (Fsp3) is 0.700. The van der Waals surface area contributed by atoms with Crippen molar-refractivity contribution in [3.63, 3.8) is 0 Å². The zero-order valence-electron chi connectivity index (χ0n) is 10.6. The summed E-state index contributed by atoms with van der Waals surface area (Å²) in [6.45, 7) is 8.10. The molecule has 0 unspecified atom stereocenters. The molecule has 0 amide bonds. The lowest BCUT2D eigenvalue weighted by Crippen LogP contribution is -2.39. The van der Waals surface area contributed by atoms with E-state index in [2.05, 4.69) is 10.2 Å². The topological polar surface area (TPSA) is 92.1 Å². The van der Waals surface area contributed by atoms with E-state index in [0.29, 0.717) is 6.54 Å². The highest BCUT2D eigenvalue weighted by Crippen LogP contribution is 2.22. The van der Waals surface area contributed by atoms with Crippen molar-refractivity contribution in [1.82, 2.24) is 14.5 Å². The first-order chi connectivity index (χ1) is 7.76. The molecule has 3 N–H and O–H groups in total. The summed E-state index contributed by atoms with van der Waals surface area (Å²) in [6, 6.07) is -0.114. The van der Waals surface area contributed by atoms with Gasteiger partial charge in [-0.1, -0.05) is 13.8 Å². The average molecular weight is 260 g/mol. The average Bonchev–Trinajstić information content (AvgIpc) is 2.60. The van der Waals surface area contributed by atoms with Gasteiger partial charge in [-0.3, -0.25) is 5.10 Å². The molecule has 1 heterocycles. The minimum Gasteiger partial charge on any atom is -0.383 e. The largest absolute Gasteiger partial charge is 0.383 e. The molecule has 0 radical (unpaired) electrons. The van der Waals surface area contributed by atoms with Crippen LogP contribution in [0.25, 0.3) is 0 Å². The summed E-state index contributed by atoms with van der Waals surface area (Å²) in [7, 11) is -3.57. The summed E-state index contributed by atoms with van der Waals surface area (Å²) in [5.74, 6) is 0.333. The van der Waals surface area contributed by atoms with Crippen molar-refractivity contribution in [2.75, 3.05) is 12.3 Å². The van der Waals surface area contributed by atoms with Gasteiger partial charge >= 0.3 is 0 Å². The number of nitrogen functional groups attached to an aromatic ring is 1. The van der Waals surface area contributed by atoms with Gasteiger partial charge in [-0.2, -0.15) is 9.40 Å². The minimum atomic E-state index is -3.57. The molecule has 0 aromatic carbocycles. The summed E-state index contributed by atoms with van der Waals surface area (Å²) in [5, 5.41) is 6.10. The number of nitrogens with two attached hydrogens (primary N) is 1. The Morgan fingerprint density at radius 3 is 2.35 bits per heavy atom. The van der Waals surface area contributed by atoms with Gasteiger partial charge in [0.2, 0.25) is 10.0 Å². The molecule has 0 fully saturated rings. The number of H-pyrrole nitrogens is 1. The van der Waals surface area contributed by atoms with E-state index in [1.807, 2.05) is 27.7 Å². The number of sulfonamides is 1. The van der Waals surface area contributed by atoms with Crippen molar-refractivity contribution >= 4 is 15.8 Å². The van der Waals surface area contributed by atoms with Crippen molar-refractivity contribution in [3.8, 4) is 0 Å². The van der Waals surface area contributed by atoms with Crippen LogP contribution in [0.5, 0.6) is 0 Å². The van der Waals surface area contributed by atoms with Gasteiger partial charge in [0.1, 0.15) is 10.7 Å². The number of rotatable bonds is 5. The molecule has 0 aliphatic heterocycles. The molecule has 0 bridgehead atoms. The third-order valence-corrected chi connectivity index (χ3v) is 4.41. The van der Waals surface area contributed by atoms with Crippen LogP contribution >= 0.6 is 0 Å². The molecule has 17 heavy (non-hydrogen) atoms. The lowest BCUT2D eigenvalue weighted by atomic mass is 10.2. The summed E-state index contributed by atoms with van der Waals surface area (Å²) < 4.78 is 26.2. The molecule has 98 valence electrons. The van der Waals surface area contributed by atoms with E-state index >= 15 is 0 Å². The third-order valence-electron chi connectivity index (χ3n) is 2.34. The maximum absolute atomic E-state index is 12.4. The second-order valence-electron chi connectivity index (χ2n) is 4.71. The predicted octanol–water partition coefficient (Wildman–Crippen LogP) is 1.05. The zero-order valence-corrected chi connectivity index (χ0v) is 11.5. The Bertz CT molecular complexity index is 464. The van der Waals surface area contributed by atoms with E-state index in [-0.39, 0.29) is 22.7 Å². The molecule has 6 nitrogen and oxygen atoms in total. The van der Waals surface area contributed by atoms with E-state index < -0.39 is 10.0 Å². The molecule has 0 aliphatic rings. The number of nitrogens with one attached hydrogen (secondary N) is 1. The van der Waals surface area contributed by atoms with Gasteiger partial charge in [-0.05, 0) is 19.8 Å². The first kappa shape index (κ1) is 14.0. The smallest absolute Gasteiger partial charge is 0.248 e. The highest BCUT2D eigenvalue weighted by Gasteiger charge is 2.30.